The van der Waals surface area contributed by atoms with Gasteiger partial charge in [0.15, 0.2) is 0 Å². The molecular formula is C30H38F4N4O4S. The van der Waals surface area contributed by atoms with E-state index >= 15 is 0 Å². The molecule has 1 aliphatic carbocycles. The fourth-order valence-corrected chi connectivity index (χ4v) is 6.39. The Labute approximate surface area is 249 Å². The van der Waals surface area contributed by atoms with Gasteiger partial charge >= 0.3 is 6.18 Å². The summed E-state index contributed by atoms with van der Waals surface area (Å²) < 4.78 is 77.1. The van der Waals surface area contributed by atoms with Crippen LogP contribution in [0.25, 0.3) is 0 Å². The number of alkyl halides is 3. The molecule has 2 fully saturated rings. The summed E-state index contributed by atoms with van der Waals surface area (Å²) in [5, 5.41) is 6.15. The Kier molecular flexibility index (Phi) is 10.2. The fraction of sp³-hybridized carbons (Fsp3) is 0.533. The molecule has 2 aromatic carbocycles. The summed E-state index contributed by atoms with van der Waals surface area (Å²) in [6, 6.07) is 9.47. The van der Waals surface area contributed by atoms with E-state index in [9.17, 15) is 35.6 Å². The molecule has 3 atom stereocenters. The Balaban J connectivity index is 1.30. The molecule has 13 heteroatoms. The Bertz CT molecular complexity index is 1380. The molecule has 0 radical (unpaired) electrons. The van der Waals surface area contributed by atoms with Crippen LogP contribution in [0.4, 0.5) is 17.6 Å². The summed E-state index contributed by atoms with van der Waals surface area (Å²) in [4.78, 5) is 27.9. The van der Waals surface area contributed by atoms with E-state index in [-0.39, 0.29) is 48.9 Å². The van der Waals surface area contributed by atoms with Gasteiger partial charge in [-0.25, -0.2) is 12.8 Å². The average molecular weight is 627 g/mol. The lowest BCUT2D eigenvalue weighted by Crippen LogP contribution is -2.55. The van der Waals surface area contributed by atoms with E-state index in [1.54, 1.807) is 0 Å². The summed E-state index contributed by atoms with van der Waals surface area (Å²) in [7, 11) is -3.39. The highest BCUT2D eigenvalue weighted by molar-refractivity contribution is 7.88. The lowest BCUT2D eigenvalue weighted by molar-refractivity contribution is -0.137. The Morgan fingerprint density at radius 2 is 1.63 bits per heavy atom. The van der Waals surface area contributed by atoms with Crippen LogP contribution in [-0.4, -0.2) is 81.0 Å². The smallest absolute Gasteiger partial charge is 0.340 e. The molecule has 43 heavy (non-hydrogen) atoms. The molecule has 1 unspecified atom stereocenters. The minimum absolute atomic E-state index is 0.00254. The van der Waals surface area contributed by atoms with Gasteiger partial charge in [-0.05, 0) is 85.5 Å². The number of hydrogen-bond acceptors (Lipinski definition) is 5. The molecule has 0 bridgehead atoms. The molecule has 0 spiro atoms. The van der Waals surface area contributed by atoms with Crippen molar-refractivity contribution in [3.63, 3.8) is 0 Å². The summed E-state index contributed by atoms with van der Waals surface area (Å²) in [5.74, 6) is -0.902. The zero-order valence-electron chi connectivity index (χ0n) is 24.3. The highest BCUT2D eigenvalue weighted by atomic mass is 32.2. The third kappa shape index (κ3) is 8.76. The van der Waals surface area contributed by atoms with Crippen LogP contribution >= 0.6 is 0 Å². The van der Waals surface area contributed by atoms with Crippen LogP contribution in [0.15, 0.2) is 48.5 Å². The predicted octanol–water partition coefficient (Wildman–Crippen LogP) is 4.00. The van der Waals surface area contributed by atoms with Crippen LogP contribution in [0.3, 0.4) is 0 Å². The van der Waals surface area contributed by atoms with Gasteiger partial charge in [0.05, 0.1) is 11.8 Å². The molecule has 236 valence electrons. The van der Waals surface area contributed by atoms with E-state index in [0.29, 0.717) is 25.3 Å². The largest absolute Gasteiger partial charge is 0.416 e. The number of rotatable bonds is 12. The van der Waals surface area contributed by atoms with E-state index in [0.717, 1.165) is 55.5 Å². The lowest BCUT2D eigenvalue weighted by Gasteiger charge is -2.35. The number of unbranched alkanes of at least 4 members (excludes halogenated alkanes) is 1. The molecule has 2 aliphatic rings. The van der Waals surface area contributed by atoms with Crippen LogP contribution in [0, 0.1) is 11.2 Å². The van der Waals surface area contributed by atoms with E-state index in [4.69, 9.17) is 0 Å². The molecule has 1 aliphatic heterocycles. The maximum Gasteiger partial charge on any atom is 0.416 e. The molecule has 1 saturated heterocycles. The number of halogens is 4. The van der Waals surface area contributed by atoms with Crippen molar-refractivity contribution in [2.24, 2.45) is 5.41 Å². The minimum Gasteiger partial charge on any atom is -0.340 e. The van der Waals surface area contributed by atoms with Crippen LogP contribution in [-0.2, 0) is 21.0 Å². The molecule has 2 N–H and O–H groups in total. The Hall–Kier alpha value is -3.03. The van der Waals surface area contributed by atoms with Crippen molar-refractivity contribution in [1.82, 2.24) is 19.8 Å². The van der Waals surface area contributed by atoms with Crippen molar-refractivity contribution in [3.8, 4) is 0 Å². The maximum atomic E-state index is 13.4. The number of piperazine rings is 1. The Morgan fingerprint density at radius 1 is 1.00 bits per heavy atom. The fourth-order valence-electron chi connectivity index (χ4n) is 5.56. The predicted molar refractivity (Wildman–Crippen MR) is 154 cm³/mol. The first-order valence-electron chi connectivity index (χ1n) is 14.4. The molecule has 0 aromatic heterocycles. The van der Waals surface area contributed by atoms with Gasteiger partial charge in [0.2, 0.25) is 15.9 Å². The number of benzene rings is 2. The van der Waals surface area contributed by atoms with Crippen molar-refractivity contribution in [2.45, 2.75) is 50.7 Å². The molecule has 2 amide bonds. The number of hydrogen-bond donors (Lipinski definition) is 2. The molecular weight excluding hydrogens is 588 g/mol. The molecule has 1 saturated carbocycles. The quantitative estimate of drug-likeness (QED) is 0.274. The molecule has 8 nitrogen and oxygen atoms in total. The van der Waals surface area contributed by atoms with Crippen LogP contribution in [0.5, 0.6) is 0 Å². The van der Waals surface area contributed by atoms with Crippen LogP contribution < -0.4 is 10.6 Å². The van der Waals surface area contributed by atoms with Gasteiger partial charge < -0.3 is 15.5 Å². The number of nitrogens with zero attached hydrogens (tertiary/aromatic N) is 2. The molecule has 4 rings (SSSR count). The van der Waals surface area contributed by atoms with Gasteiger partial charge in [-0.2, -0.15) is 17.5 Å². The number of carbonyl (C=O) groups excluding carboxylic acids is 2. The van der Waals surface area contributed by atoms with Gasteiger partial charge in [-0.15, -0.1) is 0 Å². The monoisotopic (exact) mass is 626 g/mol. The zero-order chi connectivity index (χ0) is 31.4. The van der Waals surface area contributed by atoms with Gasteiger partial charge in [-0.1, -0.05) is 19.1 Å². The van der Waals surface area contributed by atoms with Gasteiger partial charge in [-0.3, -0.25) is 9.59 Å². The van der Waals surface area contributed by atoms with Gasteiger partial charge in [0, 0.05) is 38.3 Å². The van der Waals surface area contributed by atoms with Gasteiger partial charge in [0.1, 0.15) is 11.9 Å². The summed E-state index contributed by atoms with van der Waals surface area (Å²) >= 11 is 0. The second-order valence-electron chi connectivity index (χ2n) is 11.7. The van der Waals surface area contributed by atoms with Crippen molar-refractivity contribution in [3.05, 3.63) is 71.0 Å². The summed E-state index contributed by atoms with van der Waals surface area (Å²) in [6.45, 7) is 4.29. The van der Waals surface area contributed by atoms with Crippen molar-refractivity contribution in [1.29, 1.82) is 0 Å². The summed E-state index contributed by atoms with van der Waals surface area (Å²) in [5.41, 5.74) is 0.327. The highest BCUT2D eigenvalue weighted by Crippen LogP contribution is 2.58. The van der Waals surface area contributed by atoms with E-state index in [2.05, 4.69) is 17.6 Å². The third-order valence-electron chi connectivity index (χ3n) is 8.35. The maximum absolute atomic E-state index is 13.4. The topological polar surface area (TPSA) is 98.8 Å². The van der Waals surface area contributed by atoms with E-state index in [1.165, 1.54) is 21.3 Å². The number of amides is 2. The van der Waals surface area contributed by atoms with Crippen molar-refractivity contribution < 1.29 is 35.6 Å². The lowest BCUT2D eigenvalue weighted by atomic mass is 10.0. The molecule has 1 heterocycles. The third-order valence-corrected chi connectivity index (χ3v) is 9.65. The number of sulfonamides is 1. The standard InChI is InChI=1S/C30H38F4N4O4S/c1-29(19-25(29)21-8-12-24(31)13-9-21)20-35-14-4-3-5-26(28(40)37-15-17-38(18-16-37)43(2,41)42)36-27(39)22-6-10-23(11-7-22)30(32,33)34/h6-13,25-26,35H,3-5,14-20H2,1-2H3,(H,36,39)/t25-,26+,29?/m0/s1. The van der Waals surface area contributed by atoms with Crippen LogP contribution in [0.2, 0.25) is 0 Å². The van der Waals surface area contributed by atoms with Crippen molar-refractivity contribution in [2.75, 3.05) is 45.5 Å². The SMILES string of the molecule is CC1(CNCCCC[C@@H](NC(=O)c2ccc(C(F)(F)F)cc2)C(=O)N2CCN(S(C)(=O)=O)CC2)C[C@H]1c1ccc(F)cc1. The number of nitrogens with one attached hydrogen (secondary N) is 2. The summed E-state index contributed by atoms with van der Waals surface area (Å²) in [6.07, 6.45) is -0.788. The second-order valence-corrected chi connectivity index (χ2v) is 13.7. The van der Waals surface area contributed by atoms with E-state index < -0.39 is 33.7 Å². The molecule has 2 aromatic rings. The van der Waals surface area contributed by atoms with Crippen molar-refractivity contribution >= 4 is 21.8 Å². The second kappa shape index (κ2) is 13.3. The van der Waals surface area contributed by atoms with Crippen LogP contribution in [0.1, 0.15) is 60.0 Å². The first-order chi connectivity index (χ1) is 20.2. The highest BCUT2D eigenvalue weighted by Gasteiger charge is 2.50. The minimum atomic E-state index is -4.53. The zero-order valence-corrected chi connectivity index (χ0v) is 25.1. The Morgan fingerprint density at radius 3 is 2.21 bits per heavy atom. The normalized spacial score (nSPS) is 21.8. The van der Waals surface area contributed by atoms with E-state index in [1.807, 2.05) is 12.1 Å². The van der Waals surface area contributed by atoms with Gasteiger partial charge in [0.25, 0.3) is 5.91 Å². The first kappa shape index (κ1) is 32.9. The average Bonchev–Trinajstić information content (AvgIpc) is 3.64. The number of carbonyl (C=O) groups is 2. The first-order valence-corrected chi connectivity index (χ1v) is 16.2.